The summed E-state index contributed by atoms with van der Waals surface area (Å²) in [6, 6.07) is 17.5. The molecule has 1 N–H and O–H groups in total. The summed E-state index contributed by atoms with van der Waals surface area (Å²) in [5.41, 5.74) is 3.89. The van der Waals surface area contributed by atoms with Gasteiger partial charge in [0.25, 0.3) is 0 Å². The third-order valence-electron chi connectivity index (χ3n) is 3.44. The first-order valence-electron chi connectivity index (χ1n) is 7.91. The lowest BCUT2D eigenvalue weighted by Gasteiger charge is -2.11. The van der Waals surface area contributed by atoms with Crippen molar-refractivity contribution in [2.75, 3.05) is 19.6 Å². The highest BCUT2D eigenvalue weighted by Crippen LogP contribution is 2.10. The molecule has 0 aromatic carbocycles. The zero-order valence-electron chi connectivity index (χ0n) is 13.3. The summed E-state index contributed by atoms with van der Waals surface area (Å²) < 4.78 is 0. The van der Waals surface area contributed by atoms with Crippen molar-refractivity contribution in [1.82, 2.24) is 20.3 Å². The van der Waals surface area contributed by atoms with E-state index in [0.29, 0.717) is 0 Å². The van der Waals surface area contributed by atoms with E-state index in [0.717, 1.165) is 42.4 Å². The van der Waals surface area contributed by atoms with E-state index in [2.05, 4.69) is 25.3 Å². The van der Waals surface area contributed by atoms with E-state index in [1.54, 1.807) is 18.6 Å². The van der Waals surface area contributed by atoms with Gasteiger partial charge in [0.1, 0.15) is 0 Å². The molecule has 0 bridgehead atoms. The number of nitrogens with one attached hydrogen (secondary N) is 1. The normalized spacial score (nSPS) is 13.4. The fourth-order valence-corrected chi connectivity index (χ4v) is 2.27. The Balaban J connectivity index is 0.000000141. The number of aliphatic imine (C=N–C) groups is 1. The van der Waals surface area contributed by atoms with Crippen LogP contribution in [0.5, 0.6) is 0 Å². The van der Waals surface area contributed by atoms with Crippen LogP contribution in [0.15, 0.2) is 78.2 Å². The Hall–Kier alpha value is -2.92. The van der Waals surface area contributed by atoms with Crippen molar-refractivity contribution >= 4 is 5.71 Å². The summed E-state index contributed by atoms with van der Waals surface area (Å²) in [6.07, 6.45) is 5.33. The Bertz CT molecular complexity index is 720. The van der Waals surface area contributed by atoms with Crippen molar-refractivity contribution in [3.8, 4) is 11.4 Å². The first-order valence-corrected chi connectivity index (χ1v) is 7.91. The Morgan fingerprint density at radius 1 is 0.667 bits per heavy atom. The van der Waals surface area contributed by atoms with Crippen LogP contribution >= 0.6 is 0 Å². The van der Waals surface area contributed by atoms with Crippen LogP contribution in [0.2, 0.25) is 0 Å². The predicted octanol–water partition coefficient (Wildman–Crippen LogP) is 2.62. The van der Waals surface area contributed by atoms with E-state index in [1.807, 2.05) is 54.6 Å². The molecule has 0 saturated heterocycles. The van der Waals surface area contributed by atoms with Crippen molar-refractivity contribution in [1.29, 1.82) is 0 Å². The number of pyridine rings is 3. The molecular formula is C19H19N5. The van der Waals surface area contributed by atoms with Gasteiger partial charge >= 0.3 is 0 Å². The zero-order valence-corrected chi connectivity index (χ0v) is 13.3. The third-order valence-corrected chi connectivity index (χ3v) is 3.44. The van der Waals surface area contributed by atoms with Crippen molar-refractivity contribution < 1.29 is 0 Å². The van der Waals surface area contributed by atoms with Gasteiger partial charge in [-0.3, -0.25) is 19.9 Å². The lowest BCUT2D eigenvalue weighted by molar-refractivity contribution is 0.735. The first kappa shape index (κ1) is 16.0. The summed E-state index contributed by atoms with van der Waals surface area (Å²) in [5, 5.41) is 3.26. The van der Waals surface area contributed by atoms with Crippen molar-refractivity contribution in [3.63, 3.8) is 0 Å². The number of nitrogens with zero attached hydrogens (tertiary/aromatic N) is 4. The van der Waals surface area contributed by atoms with Crippen molar-refractivity contribution in [2.45, 2.75) is 0 Å². The molecule has 0 fully saturated rings. The van der Waals surface area contributed by atoms with E-state index in [9.17, 15) is 0 Å². The topological polar surface area (TPSA) is 63.1 Å². The summed E-state index contributed by atoms with van der Waals surface area (Å²) in [6.45, 7) is 2.69. The maximum atomic E-state index is 4.39. The van der Waals surface area contributed by atoms with Gasteiger partial charge in [0.15, 0.2) is 0 Å². The molecule has 5 nitrogen and oxygen atoms in total. The highest BCUT2D eigenvalue weighted by atomic mass is 15.0. The van der Waals surface area contributed by atoms with E-state index >= 15 is 0 Å². The summed E-state index contributed by atoms with van der Waals surface area (Å²) in [4.78, 5) is 17.0. The fourth-order valence-electron chi connectivity index (χ4n) is 2.27. The molecule has 4 heterocycles. The smallest absolute Gasteiger partial charge is 0.0886 e. The predicted molar refractivity (Wildman–Crippen MR) is 96.0 cm³/mol. The third kappa shape index (κ3) is 4.54. The second-order valence-electron chi connectivity index (χ2n) is 5.15. The molecule has 1 aliphatic heterocycles. The van der Waals surface area contributed by atoms with E-state index in [4.69, 9.17) is 0 Å². The van der Waals surface area contributed by atoms with Crippen LogP contribution in [0, 0.1) is 0 Å². The molecule has 0 unspecified atom stereocenters. The zero-order chi connectivity index (χ0) is 16.5. The molecule has 0 aliphatic carbocycles. The molecule has 0 spiro atoms. The second-order valence-corrected chi connectivity index (χ2v) is 5.15. The average molecular weight is 317 g/mol. The summed E-state index contributed by atoms with van der Waals surface area (Å²) in [7, 11) is 0. The van der Waals surface area contributed by atoms with Gasteiger partial charge in [0, 0.05) is 31.7 Å². The lowest BCUT2D eigenvalue weighted by Crippen LogP contribution is -2.31. The molecule has 0 radical (unpaired) electrons. The molecule has 5 heteroatoms. The fraction of sp³-hybridized carbons (Fsp3) is 0.158. The van der Waals surface area contributed by atoms with E-state index in [-0.39, 0.29) is 0 Å². The largest absolute Gasteiger partial charge is 0.309 e. The van der Waals surface area contributed by atoms with Crippen LogP contribution in [0.4, 0.5) is 0 Å². The molecule has 0 atom stereocenters. The minimum absolute atomic E-state index is 0.844. The summed E-state index contributed by atoms with van der Waals surface area (Å²) in [5.74, 6) is 0. The number of rotatable bonds is 2. The van der Waals surface area contributed by atoms with Crippen LogP contribution in [0.25, 0.3) is 11.4 Å². The van der Waals surface area contributed by atoms with Crippen LogP contribution in [-0.4, -0.2) is 40.3 Å². The quantitative estimate of drug-likeness (QED) is 0.789. The number of aromatic nitrogens is 3. The Kier molecular flexibility index (Phi) is 5.75. The molecule has 1 aliphatic rings. The Morgan fingerprint density at radius 3 is 1.62 bits per heavy atom. The molecular weight excluding hydrogens is 298 g/mol. The molecule has 0 saturated carbocycles. The monoisotopic (exact) mass is 317 g/mol. The number of hydrogen-bond donors (Lipinski definition) is 1. The molecule has 4 rings (SSSR count). The van der Waals surface area contributed by atoms with Gasteiger partial charge < -0.3 is 5.32 Å². The standard InChI is InChI=1S/C10H8N2.C9H11N3/c1-3-7-11-9(5-1)10-6-2-4-8-12-10;1-2-4-11-8(3-1)9-7-10-5-6-12-9/h1-8H;1-4,10H,5-7H2. The van der Waals surface area contributed by atoms with Gasteiger partial charge in [-0.25, -0.2) is 0 Å². The van der Waals surface area contributed by atoms with Gasteiger partial charge in [-0.15, -0.1) is 0 Å². The minimum Gasteiger partial charge on any atom is -0.309 e. The van der Waals surface area contributed by atoms with Gasteiger partial charge in [-0.05, 0) is 36.4 Å². The van der Waals surface area contributed by atoms with Crippen molar-refractivity contribution in [3.05, 3.63) is 78.9 Å². The first-order chi connectivity index (χ1) is 11.9. The molecule has 3 aromatic heterocycles. The van der Waals surface area contributed by atoms with Crippen LogP contribution < -0.4 is 5.32 Å². The Labute approximate surface area is 141 Å². The highest BCUT2D eigenvalue weighted by Gasteiger charge is 2.06. The van der Waals surface area contributed by atoms with Crippen LogP contribution in [0.1, 0.15) is 5.69 Å². The summed E-state index contributed by atoms with van der Waals surface area (Å²) >= 11 is 0. The van der Waals surface area contributed by atoms with Crippen molar-refractivity contribution in [2.24, 2.45) is 4.99 Å². The second kappa shape index (κ2) is 8.64. The number of hydrogen-bond acceptors (Lipinski definition) is 5. The van der Waals surface area contributed by atoms with Crippen LogP contribution in [0.3, 0.4) is 0 Å². The van der Waals surface area contributed by atoms with Gasteiger partial charge in [0.2, 0.25) is 0 Å². The average Bonchev–Trinajstić information content (AvgIpc) is 2.71. The maximum Gasteiger partial charge on any atom is 0.0886 e. The molecule has 24 heavy (non-hydrogen) atoms. The molecule has 0 amide bonds. The van der Waals surface area contributed by atoms with Gasteiger partial charge in [-0.1, -0.05) is 18.2 Å². The van der Waals surface area contributed by atoms with Crippen LogP contribution in [-0.2, 0) is 0 Å². The minimum atomic E-state index is 0.844. The van der Waals surface area contributed by atoms with E-state index in [1.165, 1.54) is 0 Å². The lowest BCUT2D eigenvalue weighted by atomic mass is 10.2. The van der Waals surface area contributed by atoms with E-state index < -0.39 is 0 Å². The van der Waals surface area contributed by atoms with Gasteiger partial charge in [0.05, 0.1) is 29.3 Å². The maximum absolute atomic E-state index is 4.39. The van der Waals surface area contributed by atoms with Gasteiger partial charge in [-0.2, -0.15) is 0 Å². The SMILES string of the molecule is c1ccc(-c2ccccn2)nc1.c1ccc(C2=NCCNC2)nc1. The highest BCUT2D eigenvalue weighted by molar-refractivity contribution is 6.00. The molecule has 3 aromatic rings. The Morgan fingerprint density at radius 2 is 1.21 bits per heavy atom. The molecule has 120 valence electrons.